The van der Waals surface area contributed by atoms with E-state index in [2.05, 4.69) is 72.8 Å². The van der Waals surface area contributed by atoms with Crippen LogP contribution in [0.3, 0.4) is 0 Å². The molecule has 0 radical (unpaired) electrons. The fourth-order valence-electron chi connectivity index (χ4n) is 10.4. The van der Waals surface area contributed by atoms with Crippen LogP contribution in [-0.4, -0.2) is 97.3 Å². The Morgan fingerprint density at radius 2 is 0.863 bits per heavy atom. The minimum atomic E-state index is -1.28. The summed E-state index contributed by atoms with van der Waals surface area (Å²) in [5, 5.41) is 0. The molecule has 0 aromatic heterocycles. The van der Waals surface area contributed by atoms with Crippen LogP contribution in [0.25, 0.3) is 0 Å². The van der Waals surface area contributed by atoms with Crippen molar-refractivity contribution in [2.75, 3.05) is 31.8 Å². The molecule has 11 nitrogen and oxygen atoms in total. The Labute approximate surface area is 480 Å². The second kappa shape index (κ2) is 30.7. The molecule has 0 saturated carbocycles. The molecule has 420 valence electrons. The summed E-state index contributed by atoms with van der Waals surface area (Å²) in [4.78, 5) is 0. The third kappa shape index (κ3) is 16.5. The lowest BCUT2D eigenvalue weighted by Gasteiger charge is -2.53. The summed E-state index contributed by atoms with van der Waals surface area (Å²) < 4.78 is 77.8. The highest BCUT2D eigenvalue weighted by molar-refractivity contribution is 8.17. The van der Waals surface area contributed by atoms with Crippen molar-refractivity contribution >= 4 is 23.5 Å². The molecule has 0 spiro atoms. The van der Waals surface area contributed by atoms with E-state index in [0.717, 1.165) is 56.9 Å². The standard InChI is InChI=1S/C67H74O11S2/c1-68-65-64(75-47-56-36-21-8-22-37-56)63(74-46-55-34-19-7-20-35-55)61(73-45-54-32-17-6-18-33-54)59(77-65)49-76-67(66-79-38-23-39-80-66)40-57(70-42-51-26-11-3-12-27-51)60(72-44-53-30-15-5-16-31-53)62(78-67)58(71-43-52-28-13-4-14-29-52)48-69-41-50-24-9-2-10-25-50/h2-22,24-37,57-66H,23,38-49H2,1H3/t57-,58-,59-,60-,61-,62-,63+,64-,65+,67-/m1/s1. The van der Waals surface area contributed by atoms with Gasteiger partial charge in [-0.3, -0.25) is 0 Å². The summed E-state index contributed by atoms with van der Waals surface area (Å²) in [6.45, 7) is 2.50. The van der Waals surface area contributed by atoms with Crippen molar-refractivity contribution in [2.24, 2.45) is 0 Å². The van der Waals surface area contributed by atoms with Gasteiger partial charge < -0.3 is 52.1 Å². The van der Waals surface area contributed by atoms with E-state index in [1.807, 2.05) is 163 Å². The van der Waals surface area contributed by atoms with Gasteiger partial charge >= 0.3 is 0 Å². The number of methoxy groups -OCH3 is 1. The molecule has 3 fully saturated rings. The Bertz CT molecular complexity index is 2790. The summed E-state index contributed by atoms with van der Waals surface area (Å²) in [5.74, 6) is 0.580. The molecule has 3 aliphatic heterocycles. The number of rotatable bonds is 28. The lowest BCUT2D eigenvalue weighted by molar-refractivity contribution is -0.362. The highest BCUT2D eigenvalue weighted by Crippen LogP contribution is 2.49. The van der Waals surface area contributed by atoms with E-state index in [1.54, 1.807) is 7.11 Å². The van der Waals surface area contributed by atoms with Crippen LogP contribution < -0.4 is 0 Å². The SMILES string of the molecule is CO[C@H]1O[C@H](CO[C@]2(C3SCCCS3)C[C@@H](OCc3ccccc3)[C@@H](OCc3ccccc3)[C@@H]([C@@H](COCc3ccccc3)OCc3ccccc3)O2)[C@@H](OCc2ccccc2)[C@H](OCc2ccccc2)[C@H]1OCc1ccccc1. The van der Waals surface area contributed by atoms with Gasteiger partial charge in [0, 0.05) is 13.5 Å². The number of thioether (sulfide) groups is 2. The Hall–Kier alpha value is -5.20. The fraction of sp³-hybridized carbons (Fsp3) is 0.373. The quantitative estimate of drug-likeness (QED) is 0.0466. The molecule has 0 unspecified atom stereocenters. The van der Waals surface area contributed by atoms with Gasteiger partial charge in [0.2, 0.25) is 0 Å². The van der Waals surface area contributed by atoms with E-state index < -0.39 is 60.9 Å². The first-order valence-electron chi connectivity index (χ1n) is 27.9. The van der Waals surface area contributed by atoms with Crippen molar-refractivity contribution in [1.29, 1.82) is 0 Å². The van der Waals surface area contributed by atoms with Crippen LogP contribution in [0, 0.1) is 0 Å². The van der Waals surface area contributed by atoms with Crippen LogP contribution in [0.4, 0.5) is 0 Å². The molecule has 3 saturated heterocycles. The topological polar surface area (TPSA) is 102 Å². The maximum Gasteiger partial charge on any atom is 0.192 e. The molecule has 0 aliphatic carbocycles. The molecule has 13 heteroatoms. The van der Waals surface area contributed by atoms with Gasteiger partial charge in [-0.25, -0.2) is 0 Å². The maximum absolute atomic E-state index is 7.84. The van der Waals surface area contributed by atoms with Gasteiger partial charge in [0.1, 0.15) is 47.3 Å². The van der Waals surface area contributed by atoms with Gasteiger partial charge in [0.05, 0.1) is 65.6 Å². The summed E-state index contributed by atoms with van der Waals surface area (Å²) >= 11 is 3.70. The highest BCUT2D eigenvalue weighted by Gasteiger charge is 2.58. The third-order valence-electron chi connectivity index (χ3n) is 14.5. The Morgan fingerprint density at radius 1 is 0.463 bits per heavy atom. The number of hydrogen-bond acceptors (Lipinski definition) is 13. The number of hydrogen-bond donors (Lipinski definition) is 0. The van der Waals surface area contributed by atoms with Crippen molar-refractivity contribution < 1.29 is 52.1 Å². The van der Waals surface area contributed by atoms with Gasteiger partial charge in [-0.1, -0.05) is 212 Å². The third-order valence-corrected chi connectivity index (χ3v) is 17.7. The molecule has 0 amide bonds. The van der Waals surface area contributed by atoms with Crippen LogP contribution >= 0.6 is 23.5 Å². The molecule has 3 aliphatic rings. The molecule has 10 atom stereocenters. The zero-order valence-corrected chi connectivity index (χ0v) is 47.1. The Morgan fingerprint density at radius 3 is 1.32 bits per heavy atom. The van der Waals surface area contributed by atoms with Gasteiger partial charge in [-0.2, -0.15) is 0 Å². The van der Waals surface area contributed by atoms with Gasteiger partial charge in [0.25, 0.3) is 0 Å². The number of benzene rings is 7. The molecule has 0 N–H and O–H groups in total. The van der Waals surface area contributed by atoms with Gasteiger partial charge in [0.15, 0.2) is 12.1 Å². The number of ether oxygens (including phenoxy) is 11. The predicted molar refractivity (Wildman–Crippen MR) is 313 cm³/mol. The van der Waals surface area contributed by atoms with E-state index in [9.17, 15) is 0 Å². The van der Waals surface area contributed by atoms with Crippen LogP contribution in [-0.2, 0) is 98.4 Å². The lowest BCUT2D eigenvalue weighted by atomic mass is 9.92. The zero-order chi connectivity index (χ0) is 54.4. The van der Waals surface area contributed by atoms with Crippen molar-refractivity contribution in [3.8, 4) is 0 Å². The summed E-state index contributed by atoms with van der Waals surface area (Å²) in [6, 6.07) is 71.3. The first-order valence-corrected chi connectivity index (χ1v) is 30.0. The van der Waals surface area contributed by atoms with Crippen LogP contribution in [0.15, 0.2) is 212 Å². The first kappa shape index (κ1) is 58.0. The average Bonchev–Trinajstić information content (AvgIpc) is 3.62. The largest absolute Gasteiger partial charge is 0.374 e. The van der Waals surface area contributed by atoms with Crippen LogP contribution in [0.2, 0.25) is 0 Å². The van der Waals surface area contributed by atoms with Crippen molar-refractivity contribution in [3.63, 3.8) is 0 Å². The van der Waals surface area contributed by atoms with E-state index in [1.165, 1.54) is 0 Å². The minimum Gasteiger partial charge on any atom is -0.374 e. The molecular formula is C67H74O11S2. The van der Waals surface area contributed by atoms with Crippen LogP contribution in [0.5, 0.6) is 0 Å². The molecule has 10 rings (SSSR count). The average molecular weight is 1120 g/mol. The summed E-state index contributed by atoms with van der Waals surface area (Å²) in [6.07, 6.45) is -4.81. The van der Waals surface area contributed by atoms with Gasteiger partial charge in [-0.05, 0) is 56.9 Å². The smallest absolute Gasteiger partial charge is 0.192 e. The van der Waals surface area contributed by atoms with Crippen molar-refractivity contribution in [3.05, 3.63) is 251 Å². The minimum absolute atomic E-state index is 0.0429. The van der Waals surface area contributed by atoms with E-state index in [0.29, 0.717) is 46.1 Å². The Kier molecular flexibility index (Phi) is 22.3. The molecular weight excluding hydrogens is 1040 g/mol. The van der Waals surface area contributed by atoms with E-state index in [-0.39, 0.29) is 24.4 Å². The summed E-state index contributed by atoms with van der Waals surface area (Å²) in [7, 11) is 1.65. The molecule has 0 bridgehead atoms. The molecule has 7 aromatic rings. The Balaban J connectivity index is 1.03. The van der Waals surface area contributed by atoms with E-state index >= 15 is 0 Å². The molecule has 3 heterocycles. The second-order valence-corrected chi connectivity index (χ2v) is 23.1. The first-order chi connectivity index (χ1) is 39.6. The van der Waals surface area contributed by atoms with E-state index in [4.69, 9.17) is 52.1 Å². The van der Waals surface area contributed by atoms with Crippen molar-refractivity contribution in [2.45, 2.75) is 125 Å². The highest BCUT2D eigenvalue weighted by atomic mass is 32.2. The van der Waals surface area contributed by atoms with Crippen molar-refractivity contribution in [1.82, 2.24) is 0 Å². The molecule has 7 aromatic carbocycles. The normalized spacial score (nSPS) is 24.8. The lowest BCUT2D eigenvalue weighted by Crippen LogP contribution is -2.66. The zero-order valence-electron chi connectivity index (χ0n) is 45.5. The van der Waals surface area contributed by atoms with Crippen LogP contribution in [0.1, 0.15) is 51.8 Å². The van der Waals surface area contributed by atoms with Gasteiger partial charge in [-0.15, -0.1) is 23.5 Å². The molecule has 80 heavy (non-hydrogen) atoms. The fourth-order valence-corrected chi connectivity index (χ4v) is 13.5. The maximum atomic E-state index is 7.84. The monoisotopic (exact) mass is 1120 g/mol. The predicted octanol–water partition coefficient (Wildman–Crippen LogP) is 12.8. The summed E-state index contributed by atoms with van der Waals surface area (Å²) in [5.41, 5.74) is 7.17. The second-order valence-electron chi connectivity index (χ2n) is 20.3.